The summed E-state index contributed by atoms with van der Waals surface area (Å²) in [4.78, 5) is 12.2. The van der Waals surface area contributed by atoms with Gasteiger partial charge in [0.15, 0.2) is 50.3 Å². The zero-order valence-corrected chi connectivity index (χ0v) is 48.5. The van der Waals surface area contributed by atoms with E-state index in [9.17, 15) is 132 Å². The number of ether oxygens (including phenoxy) is 15. The van der Waals surface area contributed by atoms with Crippen LogP contribution in [0.25, 0.3) is 0 Å². The van der Waals surface area contributed by atoms with Crippen LogP contribution in [0.5, 0.6) is 0 Å². The Morgan fingerprint density at radius 3 is 0.978 bits per heavy atom. The van der Waals surface area contributed by atoms with Crippen LogP contribution in [-0.2, 0) is 75.8 Å². The molecule has 92 heavy (non-hydrogen) atoms. The molecule has 8 fully saturated rings. The SMILES string of the molecule is CC(=O)N[C@@H]1[C@@H](O)[C@H](O[C@@H]2O[C@H](CO[C@H]3O[C@H](CO[C@H]4O[C@H](CO[C@H]5O[C@H](CO)[C@@H](O)[C@H](O)[C@@H]5O)[C@@H](O)[C@H](O)[C@@H]4O)[C@@H](O)[C@H](O[C@H]4O[C@H](CO)[C@@H](O)[C@H](O)[C@@H]4O)[C@@H]3O)[C@@H](O)[C@H](O[C@H]3O[C@H](CO)[C@@H](O)[C@H](O)[C@@H]3O[C@H]3O[C@H](CO)[C@@H](O)[C@H](O)[C@@H]3O)[C@@H]2O)[C@@H](CO)O[C@H]1O. The molecule has 0 spiro atoms. The molecule has 0 saturated carbocycles. The minimum atomic E-state index is -2.41. The number of aliphatic hydroxyl groups excluding tert-OH is 25. The van der Waals surface area contributed by atoms with Crippen LogP contribution in [0.15, 0.2) is 0 Å². The van der Waals surface area contributed by atoms with Gasteiger partial charge in [0.1, 0.15) is 195 Å². The number of nitrogens with one attached hydrogen (secondary N) is 1. The van der Waals surface area contributed by atoms with E-state index in [-0.39, 0.29) is 0 Å². The number of hydrogen-bond donors (Lipinski definition) is 26. The van der Waals surface area contributed by atoms with Crippen molar-refractivity contribution < 1.29 is 204 Å². The standard InChI is InChI=1S/C50H85NO41/c1-10(57)51-19-27(65)39(15(6-56)81-43(19)77)89-49-38(76)41(91-50-42(32(70)23(61)14(5-55)85-50)92-48-36(74)30(68)22(60)13(4-54)84-48)26(64)18(88-49)9-80-46-37(75)40(90-47-35(73)29(67)21(59)12(3-53)83-47)25(63)17(87-46)8-79-45-34(72)31(69)24(62)16(86-45)7-78-44-33(71)28(66)20(58)11(2-52)82-44/h11-50,52-56,58-77H,2-9H2,1H3,(H,51,57)/t11-,12-,13-,14-,15-,16-,17-,18-,19-,20-,21-,22-,23-,24-,25-,26-,27-,28+,29+,30+,31+,32+,33+,34+,35+,36+,37+,38+,39-,40+,41+,42+,43-,44+,45+,46+,47-,48-,49+,50-/m1/s1. The summed E-state index contributed by atoms with van der Waals surface area (Å²) in [5.41, 5.74) is 0. The molecule has 8 aliphatic heterocycles. The number of carbonyl (C=O) groups is 1. The van der Waals surface area contributed by atoms with Crippen LogP contribution in [0.4, 0.5) is 0 Å². The summed E-state index contributed by atoms with van der Waals surface area (Å²) in [6, 6.07) is -1.71. The monoisotopic (exact) mass is 1360 g/mol. The number of rotatable bonds is 23. The third-order valence-corrected chi connectivity index (χ3v) is 17.0. The molecule has 42 nitrogen and oxygen atoms in total. The molecular formula is C50H85NO41. The van der Waals surface area contributed by atoms with Gasteiger partial charge in [0.25, 0.3) is 0 Å². The Kier molecular flexibility index (Phi) is 26.9. The lowest BCUT2D eigenvalue weighted by Gasteiger charge is -2.50. The molecule has 40 atom stereocenters. The topological polar surface area (TPSA) is 673 Å². The predicted octanol–water partition coefficient (Wildman–Crippen LogP) is -18.3. The van der Waals surface area contributed by atoms with Crippen molar-refractivity contribution in [2.45, 2.75) is 253 Å². The second-order valence-electron chi connectivity index (χ2n) is 23.2. The summed E-state index contributed by atoms with van der Waals surface area (Å²) < 4.78 is 85.4. The normalized spacial score (nSPS) is 52.2. The van der Waals surface area contributed by atoms with Gasteiger partial charge in [-0.05, 0) is 0 Å². The fourth-order valence-corrected chi connectivity index (χ4v) is 11.5. The second-order valence-corrected chi connectivity index (χ2v) is 23.2. The number of amides is 1. The molecule has 0 bridgehead atoms. The van der Waals surface area contributed by atoms with Crippen molar-refractivity contribution in [1.82, 2.24) is 5.32 Å². The van der Waals surface area contributed by atoms with Gasteiger partial charge in [-0.25, -0.2) is 0 Å². The van der Waals surface area contributed by atoms with E-state index in [0.29, 0.717) is 0 Å². The molecule has 0 aromatic rings. The second kappa shape index (κ2) is 32.7. The lowest BCUT2D eigenvalue weighted by atomic mass is 9.95. The largest absolute Gasteiger partial charge is 0.394 e. The van der Waals surface area contributed by atoms with Crippen LogP contribution in [0.2, 0.25) is 0 Å². The van der Waals surface area contributed by atoms with Crippen molar-refractivity contribution in [2.24, 2.45) is 0 Å². The van der Waals surface area contributed by atoms with E-state index in [0.717, 1.165) is 6.92 Å². The summed E-state index contributed by atoms with van der Waals surface area (Å²) in [6.07, 6.45) is -79.3. The van der Waals surface area contributed by atoms with E-state index in [1.165, 1.54) is 0 Å². The fraction of sp³-hybridized carbons (Fsp3) is 0.980. The van der Waals surface area contributed by atoms with Gasteiger partial charge in [-0.2, -0.15) is 0 Å². The molecule has 0 aliphatic carbocycles. The van der Waals surface area contributed by atoms with Crippen molar-refractivity contribution in [1.29, 1.82) is 0 Å². The van der Waals surface area contributed by atoms with Gasteiger partial charge < -0.3 is 204 Å². The van der Waals surface area contributed by atoms with Crippen LogP contribution in [0.1, 0.15) is 6.92 Å². The van der Waals surface area contributed by atoms with Gasteiger partial charge in [-0.1, -0.05) is 0 Å². The maximum Gasteiger partial charge on any atom is 0.217 e. The van der Waals surface area contributed by atoms with E-state index < -0.39 is 304 Å². The summed E-state index contributed by atoms with van der Waals surface area (Å²) >= 11 is 0. The summed E-state index contributed by atoms with van der Waals surface area (Å²) in [5, 5.41) is 272. The molecule has 1 amide bonds. The Morgan fingerprint density at radius 1 is 0.283 bits per heavy atom. The van der Waals surface area contributed by atoms with Gasteiger partial charge in [-0.15, -0.1) is 0 Å². The van der Waals surface area contributed by atoms with E-state index in [2.05, 4.69) is 5.32 Å². The molecule has 42 heteroatoms. The molecule has 536 valence electrons. The molecule has 0 aromatic heterocycles. The smallest absolute Gasteiger partial charge is 0.217 e. The Hall–Kier alpha value is -2.13. The van der Waals surface area contributed by atoms with Gasteiger partial charge in [0, 0.05) is 6.92 Å². The van der Waals surface area contributed by atoms with E-state index in [1.54, 1.807) is 0 Å². The molecule has 0 unspecified atom stereocenters. The van der Waals surface area contributed by atoms with E-state index >= 15 is 0 Å². The van der Waals surface area contributed by atoms with Crippen LogP contribution in [0.3, 0.4) is 0 Å². The van der Waals surface area contributed by atoms with Crippen molar-refractivity contribution in [3.63, 3.8) is 0 Å². The first kappa shape index (κ1) is 75.6. The van der Waals surface area contributed by atoms with Crippen molar-refractivity contribution in [3.8, 4) is 0 Å². The van der Waals surface area contributed by atoms with Crippen LogP contribution >= 0.6 is 0 Å². The third-order valence-electron chi connectivity index (χ3n) is 17.0. The Morgan fingerprint density at radius 2 is 0.565 bits per heavy atom. The van der Waals surface area contributed by atoms with Crippen LogP contribution in [0, 0.1) is 0 Å². The highest BCUT2D eigenvalue weighted by molar-refractivity contribution is 5.73. The Balaban J connectivity index is 1.07. The van der Waals surface area contributed by atoms with Crippen LogP contribution < -0.4 is 5.32 Å². The average molecular weight is 1360 g/mol. The van der Waals surface area contributed by atoms with Gasteiger partial charge in [0.2, 0.25) is 5.91 Å². The van der Waals surface area contributed by atoms with Crippen molar-refractivity contribution in [2.75, 3.05) is 52.9 Å². The fourth-order valence-electron chi connectivity index (χ4n) is 11.5. The molecule has 0 aromatic carbocycles. The van der Waals surface area contributed by atoms with E-state index in [4.69, 9.17) is 71.1 Å². The molecule has 8 heterocycles. The minimum absolute atomic E-state index is 0.818. The Bertz CT molecular complexity index is 2260. The molecule has 8 aliphatic rings. The quantitative estimate of drug-likeness (QED) is 0.0452. The lowest BCUT2D eigenvalue weighted by molar-refractivity contribution is -0.397. The zero-order valence-electron chi connectivity index (χ0n) is 48.5. The first-order chi connectivity index (χ1) is 43.5. The lowest BCUT2D eigenvalue weighted by Crippen LogP contribution is -2.69. The van der Waals surface area contributed by atoms with Crippen LogP contribution in [-0.4, -0.2) is 432 Å². The van der Waals surface area contributed by atoms with Gasteiger partial charge >= 0.3 is 0 Å². The van der Waals surface area contributed by atoms with Crippen molar-refractivity contribution in [3.05, 3.63) is 0 Å². The molecule has 0 radical (unpaired) electrons. The third kappa shape index (κ3) is 16.1. The first-order valence-electron chi connectivity index (χ1n) is 29.2. The maximum absolute atomic E-state index is 12.2. The predicted molar refractivity (Wildman–Crippen MR) is 276 cm³/mol. The number of hydrogen-bond acceptors (Lipinski definition) is 41. The highest BCUT2D eigenvalue weighted by Gasteiger charge is 2.58. The molecule has 8 saturated heterocycles. The zero-order chi connectivity index (χ0) is 67.6. The van der Waals surface area contributed by atoms with Gasteiger partial charge in [-0.3, -0.25) is 4.79 Å². The van der Waals surface area contributed by atoms with Gasteiger partial charge in [0.05, 0.1) is 52.9 Å². The summed E-state index contributed by atoms with van der Waals surface area (Å²) in [6.45, 7) is -6.94. The average Bonchev–Trinajstić information content (AvgIpc) is 0.786. The van der Waals surface area contributed by atoms with Crippen molar-refractivity contribution >= 4 is 5.91 Å². The number of aliphatic hydroxyl groups is 25. The first-order valence-corrected chi connectivity index (χ1v) is 29.2. The molecular weight excluding hydrogens is 1270 g/mol. The highest BCUT2D eigenvalue weighted by Crippen LogP contribution is 2.38. The number of carbonyl (C=O) groups excluding carboxylic acids is 1. The molecule has 8 rings (SSSR count). The molecule has 26 N–H and O–H groups in total. The minimum Gasteiger partial charge on any atom is -0.394 e. The van der Waals surface area contributed by atoms with E-state index in [1.807, 2.05) is 0 Å². The summed E-state index contributed by atoms with van der Waals surface area (Å²) in [5.74, 6) is -0.818. The summed E-state index contributed by atoms with van der Waals surface area (Å²) in [7, 11) is 0. The Labute approximate surface area is 519 Å². The maximum atomic E-state index is 12.2. The highest BCUT2D eigenvalue weighted by atomic mass is 16.8.